The molecule has 0 atom stereocenters. The summed E-state index contributed by atoms with van der Waals surface area (Å²) in [5.41, 5.74) is 0. The van der Waals surface area contributed by atoms with Gasteiger partial charge in [0.2, 0.25) is 0 Å². The second-order valence-electron chi connectivity index (χ2n) is 7.78. The Bertz CT molecular complexity index is 1290. The molecule has 39 heavy (non-hydrogen) atoms. The molecule has 0 aliphatic heterocycles. The lowest BCUT2D eigenvalue weighted by Crippen LogP contribution is -1.89. The number of rotatable bonds is 7. The van der Waals surface area contributed by atoms with Crippen molar-refractivity contribution in [1.82, 2.24) is 0 Å². The van der Waals surface area contributed by atoms with Gasteiger partial charge in [0.25, 0.3) is 0 Å². The third kappa shape index (κ3) is 13.2. The fourth-order valence-corrected chi connectivity index (χ4v) is 2.57. The molecule has 10 heteroatoms. The van der Waals surface area contributed by atoms with Crippen LogP contribution in [0.1, 0.15) is 94.6 Å². The largest absolute Gasteiger partial charge is 0.461 e. The highest BCUT2D eigenvalue weighted by molar-refractivity contribution is 5.92. The number of carbonyl (C=O) groups is 4. The minimum Gasteiger partial charge on any atom is -0.461 e. The monoisotopic (exact) mass is 544 g/mol. The van der Waals surface area contributed by atoms with Crippen molar-refractivity contribution in [3.8, 4) is 0 Å². The summed E-state index contributed by atoms with van der Waals surface area (Å²) in [5, 5.41) is 17.1. The molecule has 0 saturated heterocycles. The molecule has 0 spiro atoms. The van der Waals surface area contributed by atoms with Crippen molar-refractivity contribution >= 4 is 23.1 Å². The van der Waals surface area contributed by atoms with Crippen molar-refractivity contribution in [2.24, 2.45) is 0 Å². The highest BCUT2D eigenvalue weighted by atomic mass is 16.4. The minimum atomic E-state index is -0.159. The van der Waals surface area contributed by atoms with Gasteiger partial charge in [-0.25, -0.2) is 0 Å². The van der Waals surface area contributed by atoms with Crippen LogP contribution in [-0.2, 0) is 13.0 Å². The summed E-state index contributed by atoms with van der Waals surface area (Å²) in [6.07, 6.45) is 1.95. The van der Waals surface area contributed by atoms with E-state index in [1.807, 2.05) is 6.92 Å². The summed E-state index contributed by atoms with van der Waals surface area (Å²) in [6.45, 7) is 7.52. The Balaban J connectivity index is 0.000000492. The van der Waals surface area contributed by atoms with E-state index in [-0.39, 0.29) is 43.8 Å². The van der Waals surface area contributed by atoms with Crippen LogP contribution < -0.4 is 0 Å². The fourth-order valence-electron chi connectivity index (χ4n) is 2.57. The van der Waals surface area contributed by atoms with Crippen molar-refractivity contribution in [3.05, 3.63) is 95.1 Å². The summed E-state index contributed by atoms with van der Waals surface area (Å²) < 4.78 is 19.7. The molecule has 212 valence electrons. The van der Waals surface area contributed by atoms with Crippen LogP contribution in [0.15, 0.2) is 72.5 Å². The van der Waals surface area contributed by atoms with Crippen LogP contribution in [0.25, 0.3) is 0 Å². The second-order valence-corrected chi connectivity index (χ2v) is 7.78. The molecule has 0 bridgehead atoms. The Labute approximate surface area is 227 Å². The molecule has 4 aromatic heterocycles. The number of aliphatic hydroxyl groups is 2. The molecule has 0 fully saturated rings. The smallest absolute Gasteiger partial charge is 0.194 e. The molecule has 0 saturated carbocycles. The topological polar surface area (TPSA) is 161 Å². The van der Waals surface area contributed by atoms with Crippen LogP contribution in [0, 0.1) is 6.92 Å². The highest BCUT2D eigenvalue weighted by Gasteiger charge is 2.05. The predicted molar refractivity (Wildman–Crippen MR) is 143 cm³/mol. The molecule has 4 rings (SSSR count). The van der Waals surface area contributed by atoms with Crippen LogP contribution in [-0.4, -0.2) is 40.0 Å². The highest BCUT2D eigenvalue weighted by Crippen LogP contribution is 2.09. The third-order valence-corrected chi connectivity index (χ3v) is 4.49. The molecule has 0 aliphatic carbocycles. The van der Waals surface area contributed by atoms with Gasteiger partial charge in [-0.15, -0.1) is 0 Å². The summed E-state index contributed by atoms with van der Waals surface area (Å²) in [4.78, 5) is 42.3. The van der Waals surface area contributed by atoms with Gasteiger partial charge in [0.15, 0.2) is 46.2 Å². The molecule has 0 aliphatic rings. The van der Waals surface area contributed by atoms with Crippen LogP contribution in [0.2, 0.25) is 0 Å². The van der Waals surface area contributed by atoms with Gasteiger partial charge in [-0.3, -0.25) is 19.2 Å². The van der Waals surface area contributed by atoms with Gasteiger partial charge < -0.3 is 27.9 Å². The quantitative estimate of drug-likeness (QED) is 0.268. The van der Waals surface area contributed by atoms with E-state index in [1.54, 1.807) is 48.5 Å². The molecule has 0 radical (unpaired) electrons. The first-order valence-electron chi connectivity index (χ1n) is 11.5. The SMILES string of the molecule is C.CC(=O)c1ccc(C)o1.CC(=O)c1ccc(CCO)o1.CC(=O)c1ccc(CO)o1.CC(=O)c1ccco1. The Hall–Kier alpha value is -4.28. The van der Waals surface area contributed by atoms with E-state index in [0.29, 0.717) is 41.0 Å². The summed E-state index contributed by atoms with van der Waals surface area (Å²) in [5.74, 6) is 3.09. The number of Topliss-reactive ketones (excluding diaryl/α,β-unsaturated/α-hetero) is 4. The number of hydrogen-bond donors (Lipinski definition) is 2. The zero-order valence-corrected chi connectivity index (χ0v) is 22.0. The number of ketones is 4. The number of aryl methyl sites for hydroxylation is 1. The van der Waals surface area contributed by atoms with Gasteiger partial charge in [-0.05, 0) is 55.5 Å². The zero-order chi connectivity index (χ0) is 28.7. The van der Waals surface area contributed by atoms with Gasteiger partial charge in [-0.1, -0.05) is 7.43 Å². The molecular formula is C29H36O10. The molecule has 10 nitrogen and oxygen atoms in total. The maximum Gasteiger partial charge on any atom is 0.194 e. The third-order valence-electron chi connectivity index (χ3n) is 4.49. The van der Waals surface area contributed by atoms with E-state index in [0.717, 1.165) is 5.76 Å². The Morgan fingerprint density at radius 3 is 1.38 bits per heavy atom. The second kappa shape index (κ2) is 18.1. The Morgan fingerprint density at radius 2 is 1.10 bits per heavy atom. The number of aliphatic hydroxyl groups excluding tert-OH is 2. The van der Waals surface area contributed by atoms with Crippen LogP contribution in [0.4, 0.5) is 0 Å². The van der Waals surface area contributed by atoms with Crippen LogP contribution >= 0.6 is 0 Å². The van der Waals surface area contributed by atoms with Crippen molar-refractivity contribution in [2.45, 2.75) is 55.1 Å². The van der Waals surface area contributed by atoms with Crippen LogP contribution in [0.3, 0.4) is 0 Å². The van der Waals surface area contributed by atoms with Crippen LogP contribution in [0.5, 0.6) is 0 Å². The lowest BCUT2D eigenvalue weighted by molar-refractivity contribution is 0.0975. The van der Waals surface area contributed by atoms with Crippen molar-refractivity contribution < 1.29 is 47.1 Å². The van der Waals surface area contributed by atoms with Gasteiger partial charge in [-0.2, -0.15) is 0 Å². The summed E-state index contributed by atoms with van der Waals surface area (Å²) in [7, 11) is 0. The first kappa shape index (κ1) is 34.7. The average molecular weight is 545 g/mol. The summed E-state index contributed by atoms with van der Waals surface area (Å²) >= 11 is 0. The van der Waals surface area contributed by atoms with Gasteiger partial charge in [0, 0.05) is 34.1 Å². The van der Waals surface area contributed by atoms with E-state index in [4.69, 9.17) is 27.9 Å². The first-order valence-corrected chi connectivity index (χ1v) is 11.5. The van der Waals surface area contributed by atoms with E-state index in [9.17, 15) is 19.2 Å². The number of hydrogen-bond acceptors (Lipinski definition) is 10. The average Bonchev–Trinajstić information content (AvgIpc) is 3.68. The molecule has 4 heterocycles. The molecular weight excluding hydrogens is 508 g/mol. The van der Waals surface area contributed by atoms with Crippen molar-refractivity contribution in [2.75, 3.05) is 6.61 Å². The summed E-state index contributed by atoms with van der Waals surface area (Å²) in [6, 6.07) is 13.2. The van der Waals surface area contributed by atoms with Gasteiger partial charge in [0.1, 0.15) is 23.9 Å². The zero-order valence-electron chi connectivity index (χ0n) is 22.0. The molecule has 0 aromatic carbocycles. The van der Waals surface area contributed by atoms with Gasteiger partial charge in [0.05, 0.1) is 12.9 Å². The molecule has 0 unspecified atom stereocenters. The van der Waals surface area contributed by atoms with E-state index < -0.39 is 0 Å². The Kier molecular flexibility index (Phi) is 16.1. The Morgan fingerprint density at radius 1 is 0.641 bits per heavy atom. The number of furan rings is 4. The number of carbonyl (C=O) groups excluding carboxylic acids is 4. The fraction of sp³-hybridized carbons (Fsp3) is 0.310. The lowest BCUT2D eigenvalue weighted by atomic mass is 10.3. The molecule has 4 aromatic rings. The molecule has 2 N–H and O–H groups in total. The van der Waals surface area contributed by atoms with E-state index in [2.05, 4.69) is 0 Å². The molecule has 0 amide bonds. The van der Waals surface area contributed by atoms with Crippen molar-refractivity contribution in [3.63, 3.8) is 0 Å². The standard InChI is InChI=1S/C8H10O3.C7H8O3.C7H8O2.C6H6O2.CH4/c1-6(10)8-3-2-7(11-8)4-5-9;1-5(9)7-3-2-6(4-8)10-7;1-5-3-4-7(9-5)6(2)8;1-5(7)6-3-2-4-8-6;/h2-3,9H,4-5H2,1H3;2-3,8H,4H2,1H3;3-4H,1-2H3;2-4H,1H3;1H4. The van der Waals surface area contributed by atoms with E-state index in [1.165, 1.54) is 34.0 Å². The minimum absolute atomic E-state index is 0. The maximum absolute atomic E-state index is 10.7. The lowest BCUT2D eigenvalue weighted by Gasteiger charge is -1.89. The van der Waals surface area contributed by atoms with Gasteiger partial charge >= 0.3 is 0 Å². The normalized spacial score (nSPS) is 9.41. The maximum atomic E-state index is 10.7. The van der Waals surface area contributed by atoms with Crippen molar-refractivity contribution in [1.29, 1.82) is 0 Å². The predicted octanol–water partition coefficient (Wildman–Crippen LogP) is 5.90. The van der Waals surface area contributed by atoms with E-state index >= 15 is 0 Å². The first-order chi connectivity index (χ1) is 18.0.